The molecule has 0 unspecified atom stereocenters. The van der Waals surface area contributed by atoms with Gasteiger partial charge in [0.05, 0.1) is 5.56 Å². The van der Waals surface area contributed by atoms with Gasteiger partial charge in [0.1, 0.15) is 0 Å². The summed E-state index contributed by atoms with van der Waals surface area (Å²) in [7, 11) is 0. The molecule has 0 radical (unpaired) electrons. The van der Waals surface area contributed by atoms with Crippen LogP contribution in [-0.2, 0) is 16.0 Å². The van der Waals surface area contributed by atoms with Crippen LogP contribution < -0.4 is 0 Å². The van der Waals surface area contributed by atoms with Gasteiger partial charge in [0.2, 0.25) is 0 Å². The molecule has 0 saturated carbocycles. The standard InChI is InChI=1S/C13H12O4/c1-10(14)17-8-3-2-5-11-6-4-7-12(9-11)13(15)16/h4,6-7,9H,5,8H2,1H3,(H,15,16). The van der Waals surface area contributed by atoms with E-state index in [0.29, 0.717) is 6.42 Å². The van der Waals surface area contributed by atoms with Crippen LogP contribution in [0.25, 0.3) is 0 Å². The lowest BCUT2D eigenvalue weighted by Gasteiger charge is -1.97. The smallest absolute Gasteiger partial charge is 0.335 e. The molecule has 1 aromatic rings. The molecule has 0 aliphatic carbocycles. The Morgan fingerprint density at radius 1 is 1.35 bits per heavy atom. The highest BCUT2D eigenvalue weighted by molar-refractivity contribution is 5.87. The van der Waals surface area contributed by atoms with Crippen molar-refractivity contribution in [2.45, 2.75) is 13.3 Å². The summed E-state index contributed by atoms with van der Waals surface area (Å²) >= 11 is 0. The Bertz CT molecular complexity index is 480. The Morgan fingerprint density at radius 2 is 2.12 bits per heavy atom. The summed E-state index contributed by atoms with van der Waals surface area (Å²) in [6.45, 7) is 1.38. The minimum Gasteiger partial charge on any atom is -0.478 e. The molecule has 17 heavy (non-hydrogen) atoms. The van der Waals surface area contributed by atoms with Gasteiger partial charge < -0.3 is 9.84 Å². The van der Waals surface area contributed by atoms with Crippen molar-refractivity contribution in [3.63, 3.8) is 0 Å². The van der Waals surface area contributed by atoms with Crippen LogP contribution in [0.4, 0.5) is 0 Å². The molecule has 0 spiro atoms. The van der Waals surface area contributed by atoms with Gasteiger partial charge >= 0.3 is 11.9 Å². The van der Waals surface area contributed by atoms with Gasteiger partial charge in [0.25, 0.3) is 0 Å². The molecule has 0 amide bonds. The van der Waals surface area contributed by atoms with Crippen molar-refractivity contribution in [2.75, 3.05) is 6.61 Å². The third kappa shape index (κ3) is 4.85. The highest BCUT2D eigenvalue weighted by Gasteiger charge is 2.01. The normalized spacial score (nSPS) is 9.00. The van der Waals surface area contributed by atoms with Crippen LogP contribution in [0.2, 0.25) is 0 Å². The average molecular weight is 232 g/mol. The van der Waals surface area contributed by atoms with E-state index < -0.39 is 5.97 Å². The molecule has 1 N–H and O–H groups in total. The van der Waals surface area contributed by atoms with E-state index in [1.165, 1.54) is 13.0 Å². The van der Waals surface area contributed by atoms with Crippen molar-refractivity contribution in [1.29, 1.82) is 0 Å². The largest absolute Gasteiger partial charge is 0.478 e. The lowest BCUT2D eigenvalue weighted by Crippen LogP contribution is -1.98. The molecule has 0 aliphatic heterocycles. The molecule has 0 aliphatic rings. The maximum atomic E-state index is 10.7. The second kappa shape index (κ2) is 6.33. The number of hydrogen-bond acceptors (Lipinski definition) is 3. The molecule has 0 fully saturated rings. The highest BCUT2D eigenvalue weighted by atomic mass is 16.5. The number of carbonyl (C=O) groups is 2. The molecule has 4 heteroatoms. The minimum atomic E-state index is -0.959. The predicted octanol–water partition coefficient (Wildman–Crippen LogP) is 1.49. The first kappa shape index (κ1) is 12.8. The molecule has 1 rings (SSSR count). The van der Waals surface area contributed by atoms with E-state index in [2.05, 4.69) is 16.6 Å². The quantitative estimate of drug-likeness (QED) is 0.633. The zero-order valence-corrected chi connectivity index (χ0v) is 9.40. The first-order chi connectivity index (χ1) is 8.09. The number of ether oxygens (including phenoxy) is 1. The zero-order valence-electron chi connectivity index (χ0n) is 9.40. The van der Waals surface area contributed by atoms with Crippen LogP contribution in [0, 0.1) is 11.8 Å². The first-order valence-corrected chi connectivity index (χ1v) is 5.01. The van der Waals surface area contributed by atoms with E-state index in [1.807, 2.05) is 0 Å². The topological polar surface area (TPSA) is 63.6 Å². The lowest BCUT2D eigenvalue weighted by atomic mass is 10.1. The summed E-state index contributed by atoms with van der Waals surface area (Å²) in [5.41, 5.74) is 1.06. The molecule has 0 atom stereocenters. The maximum absolute atomic E-state index is 10.7. The molecule has 0 saturated heterocycles. The van der Waals surface area contributed by atoms with E-state index in [-0.39, 0.29) is 18.1 Å². The highest BCUT2D eigenvalue weighted by Crippen LogP contribution is 2.05. The number of carbonyl (C=O) groups excluding carboxylic acids is 1. The van der Waals surface area contributed by atoms with Gasteiger partial charge in [0.15, 0.2) is 6.61 Å². The number of aromatic carboxylic acids is 1. The van der Waals surface area contributed by atoms with Crippen LogP contribution >= 0.6 is 0 Å². The van der Waals surface area contributed by atoms with Gasteiger partial charge in [-0.2, -0.15) is 0 Å². The average Bonchev–Trinajstić information content (AvgIpc) is 2.28. The van der Waals surface area contributed by atoms with Gasteiger partial charge in [-0.05, 0) is 17.7 Å². The summed E-state index contributed by atoms with van der Waals surface area (Å²) in [5.74, 6) is 4.15. The third-order valence-electron chi connectivity index (χ3n) is 1.94. The van der Waals surface area contributed by atoms with Crippen molar-refractivity contribution in [3.05, 3.63) is 35.4 Å². The molecule has 88 valence electrons. The fourth-order valence-electron chi connectivity index (χ4n) is 1.17. The summed E-state index contributed by atoms with van der Waals surface area (Å²) in [6, 6.07) is 6.57. The fourth-order valence-corrected chi connectivity index (χ4v) is 1.17. The molecule has 0 aromatic heterocycles. The maximum Gasteiger partial charge on any atom is 0.335 e. The van der Waals surface area contributed by atoms with Crippen molar-refractivity contribution in [2.24, 2.45) is 0 Å². The molecule has 0 bridgehead atoms. The molecule has 0 heterocycles. The molecular weight excluding hydrogens is 220 g/mol. The van der Waals surface area contributed by atoms with Crippen LogP contribution in [0.3, 0.4) is 0 Å². The van der Waals surface area contributed by atoms with Gasteiger partial charge in [-0.3, -0.25) is 4.79 Å². The SMILES string of the molecule is CC(=O)OCC#CCc1cccc(C(=O)O)c1. The Kier molecular flexibility index (Phi) is 4.77. The molecule has 1 aromatic carbocycles. The number of hydrogen-bond donors (Lipinski definition) is 1. The summed E-state index contributed by atoms with van der Waals surface area (Å²) in [5, 5.41) is 8.79. The number of esters is 1. The second-order valence-corrected chi connectivity index (χ2v) is 3.32. The van der Waals surface area contributed by atoms with Crippen molar-refractivity contribution < 1.29 is 19.4 Å². The summed E-state index contributed by atoms with van der Waals surface area (Å²) < 4.78 is 4.64. The van der Waals surface area contributed by atoms with Gasteiger partial charge in [0, 0.05) is 13.3 Å². The fraction of sp³-hybridized carbons (Fsp3) is 0.231. The van der Waals surface area contributed by atoms with Gasteiger partial charge in [-0.25, -0.2) is 4.79 Å². The van der Waals surface area contributed by atoms with Crippen LogP contribution in [0.1, 0.15) is 22.8 Å². The molecule has 4 nitrogen and oxygen atoms in total. The Labute approximate surface area is 99.2 Å². The monoisotopic (exact) mass is 232 g/mol. The Morgan fingerprint density at radius 3 is 2.76 bits per heavy atom. The lowest BCUT2D eigenvalue weighted by molar-refractivity contribution is -0.139. The van der Waals surface area contributed by atoms with Gasteiger partial charge in [-0.1, -0.05) is 24.0 Å². The first-order valence-electron chi connectivity index (χ1n) is 5.01. The molecular formula is C13H12O4. The Hall–Kier alpha value is -2.28. The van der Waals surface area contributed by atoms with Crippen molar-refractivity contribution in [1.82, 2.24) is 0 Å². The van der Waals surface area contributed by atoms with Crippen molar-refractivity contribution >= 4 is 11.9 Å². The number of benzene rings is 1. The van der Waals surface area contributed by atoms with Crippen LogP contribution in [0.5, 0.6) is 0 Å². The summed E-state index contributed by atoms with van der Waals surface area (Å²) in [4.78, 5) is 21.2. The number of rotatable bonds is 3. The number of carboxylic acid groups (broad SMARTS) is 1. The van der Waals surface area contributed by atoms with Crippen LogP contribution in [0.15, 0.2) is 24.3 Å². The van der Waals surface area contributed by atoms with E-state index in [4.69, 9.17) is 5.11 Å². The van der Waals surface area contributed by atoms with E-state index >= 15 is 0 Å². The van der Waals surface area contributed by atoms with Crippen LogP contribution in [-0.4, -0.2) is 23.7 Å². The van der Waals surface area contributed by atoms with E-state index in [0.717, 1.165) is 5.56 Å². The Balaban J connectivity index is 2.54. The van der Waals surface area contributed by atoms with Crippen molar-refractivity contribution in [3.8, 4) is 11.8 Å². The summed E-state index contributed by atoms with van der Waals surface area (Å²) in [6.07, 6.45) is 0.433. The zero-order chi connectivity index (χ0) is 12.7. The second-order valence-electron chi connectivity index (χ2n) is 3.32. The minimum absolute atomic E-state index is 0.0634. The number of carboxylic acids is 1. The van der Waals surface area contributed by atoms with E-state index in [9.17, 15) is 9.59 Å². The van der Waals surface area contributed by atoms with E-state index in [1.54, 1.807) is 18.2 Å². The predicted molar refractivity (Wildman–Crippen MR) is 61.5 cm³/mol. The van der Waals surface area contributed by atoms with Gasteiger partial charge in [-0.15, -0.1) is 0 Å². The third-order valence-corrected chi connectivity index (χ3v) is 1.94.